The first-order chi connectivity index (χ1) is 44.8. The third kappa shape index (κ3) is 14.5. The molecule has 3 N–H and O–H groups in total. The van der Waals surface area contributed by atoms with Crippen LogP contribution in [0, 0.1) is 100.0 Å². The number of ether oxygens (including phenoxy) is 5. The largest absolute Gasteiger partial charge is 0.497 e. The van der Waals surface area contributed by atoms with Crippen molar-refractivity contribution in [1.29, 1.82) is 0 Å². The van der Waals surface area contributed by atoms with Crippen LogP contribution < -0.4 is 23.7 Å². The zero-order chi connectivity index (χ0) is 71.2. The molecule has 0 bridgehead atoms. The Labute approximate surface area is 532 Å². The molecule has 0 atom stereocenters. The van der Waals surface area contributed by atoms with Crippen molar-refractivity contribution in [2.75, 3.05) is 13.4 Å². The summed E-state index contributed by atoms with van der Waals surface area (Å²) in [5, 5.41) is 12.3. The first kappa shape index (κ1) is 72.6. The average Bonchev–Trinajstić information content (AvgIpc) is 0.771. The van der Waals surface area contributed by atoms with E-state index >= 15 is 52.7 Å². The molecule has 0 aliphatic carbocycles. The van der Waals surface area contributed by atoms with Crippen molar-refractivity contribution in [3.63, 3.8) is 0 Å². The predicted molar refractivity (Wildman–Crippen MR) is 296 cm³/mol. The van der Waals surface area contributed by atoms with E-state index in [1.807, 2.05) is 0 Å². The van der Waals surface area contributed by atoms with E-state index in [4.69, 9.17) is 33.5 Å². The zero-order valence-corrected chi connectivity index (χ0v) is 51.0. The van der Waals surface area contributed by atoms with E-state index in [0.717, 1.165) is 12.1 Å². The van der Waals surface area contributed by atoms with Crippen molar-refractivity contribution < 1.29 is 151 Å². The SMILES string of the molecule is COc1ccc(Oc2ccc(S(=O)(=O)c3ccc(Oc4c(F)c(F)c(-c5c(F)c(F)c(Oc6ccc(S(=O)(=O)c7ccc(Oc8c(F)c(F)c(-c9c(F)c(F)c(C)c(F)c9F)c(F)c8F)cc7)cc6)c(F)c5F)c(F)c4F)c(SOOO)c3)cc2S(=O)(=O)O)cc1.CS(=O)(=O)O. The standard InChI is InChI=1S/C56H26F16O15S4.CH4O3S/c1-21-38(57)40(59)34(41(60)39(21)58)35-42(61)48(67)54(49(68)43(35)62)83-24-7-11-26(12-8-24)89(74,75)27-13-9-25(10-14-27)84-55-50(69)44(63)36(45(64)51(55)70)37-46(65)52(71)56(53(72)47(37)66)85-30-17-15-28(19-32(30)88-87-86-73)90(76,77)29-16-18-31(33(20-29)91(78,79)80)82-23-5-3-22(81-2)4-6-23;1-5(2,3)4/h3-20,73H,1-2H3,(H,78,79,80);1H3,(H,2,3,4). The Morgan fingerprint density at radius 1 is 0.365 bits per heavy atom. The van der Waals surface area contributed by atoms with Gasteiger partial charge in [-0.25, -0.2) is 66.0 Å². The highest BCUT2D eigenvalue weighted by Gasteiger charge is 2.38. The Hall–Kier alpha value is -9.19. The highest BCUT2D eigenvalue weighted by molar-refractivity contribution is 7.95. The van der Waals surface area contributed by atoms with Gasteiger partial charge in [0, 0.05) is 5.56 Å². The van der Waals surface area contributed by atoms with Crippen LogP contribution in [0.1, 0.15) is 5.56 Å². The molecule has 96 heavy (non-hydrogen) atoms. The van der Waals surface area contributed by atoms with Gasteiger partial charge in [-0.15, -0.1) is 4.33 Å². The minimum atomic E-state index is -5.26. The fourth-order valence-electron chi connectivity index (χ4n) is 8.28. The van der Waals surface area contributed by atoms with Gasteiger partial charge in [0.2, 0.25) is 71.8 Å². The van der Waals surface area contributed by atoms with Crippen LogP contribution >= 0.6 is 12.0 Å². The number of hydrogen-bond donors (Lipinski definition) is 3. The molecule has 18 nitrogen and oxygen atoms in total. The Morgan fingerprint density at radius 2 is 0.656 bits per heavy atom. The highest BCUT2D eigenvalue weighted by atomic mass is 32.2. The van der Waals surface area contributed by atoms with E-state index in [0.29, 0.717) is 91.7 Å². The van der Waals surface area contributed by atoms with Gasteiger partial charge in [0.15, 0.2) is 58.2 Å². The molecule has 0 aliphatic heterocycles. The van der Waals surface area contributed by atoms with Crippen molar-refractivity contribution in [1.82, 2.24) is 0 Å². The number of benzene rings is 9. The maximum absolute atomic E-state index is 15.8. The van der Waals surface area contributed by atoms with Gasteiger partial charge >= 0.3 is 0 Å². The molecule has 0 heterocycles. The van der Waals surface area contributed by atoms with Gasteiger partial charge in [0.1, 0.15) is 39.4 Å². The number of sulfone groups is 2. The molecule has 0 amide bonds. The quantitative estimate of drug-likeness (QED) is 0.0170. The molecule has 0 saturated carbocycles. The van der Waals surface area contributed by atoms with Gasteiger partial charge in [-0.05, 0) is 116 Å². The third-order valence-corrected chi connectivity index (χ3v) is 17.8. The van der Waals surface area contributed by atoms with Crippen LogP contribution in [0.4, 0.5) is 70.2 Å². The fourth-order valence-corrected chi connectivity index (χ4v) is 12.1. The Kier molecular flexibility index (Phi) is 21.1. The minimum Gasteiger partial charge on any atom is -0.497 e. The summed E-state index contributed by atoms with van der Waals surface area (Å²) in [5.41, 5.74) is -10.5. The van der Waals surface area contributed by atoms with E-state index < -0.39 is 230 Å². The topological polar surface area (TPSA) is 262 Å². The molecule has 508 valence electrons. The molecular formula is C57H30F16O18S5. The molecule has 0 unspecified atom stereocenters. The van der Waals surface area contributed by atoms with Crippen LogP contribution in [0.3, 0.4) is 0 Å². The summed E-state index contributed by atoms with van der Waals surface area (Å²) in [7, 11) is -17.3. The molecule has 0 aromatic heterocycles. The molecule has 9 aromatic carbocycles. The van der Waals surface area contributed by atoms with E-state index in [-0.39, 0.29) is 17.8 Å². The van der Waals surface area contributed by atoms with E-state index in [2.05, 4.69) is 9.37 Å². The highest BCUT2D eigenvalue weighted by Crippen LogP contribution is 2.47. The van der Waals surface area contributed by atoms with Gasteiger partial charge in [0.25, 0.3) is 20.2 Å². The maximum atomic E-state index is 15.8. The van der Waals surface area contributed by atoms with Gasteiger partial charge in [-0.2, -0.15) is 43.2 Å². The van der Waals surface area contributed by atoms with Crippen LogP contribution in [0.5, 0.6) is 51.7 Å². The molecular weight excluding hydrogens is 1440 g/mol. The summed E-state index contributed by atoms with van der Waals surface area (Å²) in [6.07, 6.45) is 0.715. The van der Waals surface area contributed by atoms with E-state index in [9.17, 15) is 55.8 Å². The predicted octanol–water partition coefficient (Wildman–Crippen LogP) is 15.6. The van der Waals surface area contributed by atoms with E-state index in [1.54, 1.807) is 0 Å². The van der Waals surface area contributed by atoms with Gasteiger partial charge in [0.05, 0.1) is 72.1 Å². The Balaban J connectivity index is 0.00000227. The first-order valence-electron chi connectivity index (χ1n) is 25.1. The second kappa shape index (κ2) is 27.9. The lowest BCUT2D eigenvalue weighted by atomic mass is 9.99. The lowest BCUT2D eigenvalue weighted by Crippen LogP contribution is -2.09. The molecule has 0 spiro atoms. The molecule has 39 heteroatoms. The van der Waals surface area contributed by atoms with Gasteiger partial charge in [-0.3, -0.25) is 9.11 Å². The van der Waals surface area contributed by atoms with Crippen LogP contribution in [-0.2, 0) is 49.3 Å². The summed E-state index contributed by atoms with van der Waals surface area (Å²) < 4.78 is 389. The lowest BCUT2D eigenvalue weighted by Gasteiger charge is -2.17. The molecule has 0 aliphatic rings. The number of methoxy groups -OCH3 is 1. The average molecular weight is 1470 g/mol. The minimum absolute atomic E-state index is 0.00667. The monoisotopic (exact) mass is 1470 g/mol. The summed E-state index contributed by atoms with van der Waals surface area (Å²) in [6.45, 7) is 0.547. The lowest BCUT2D eigenvalue weighted by molar-refractivity contribution is -0.432. The Morgan fingerprint density at radius 3 is 1.01 bits per heavy atom. The normalized spacial score (nSPS) is 11.9. The second-order valence-corrected chi connectivity index (χ2v) is 26.3. The molecule has 0 radical (unpaired) electrons. The summed E-state index contributed by atoms with van der Waals surface area (Å²) >= 11 is -0.207. The number of halogens is 16. The molecule has 0 fully saturated rings. The van der Waals surface area contributed by atoms with Gasteiger partial charge in [-0.1, -0.05) is 5.04 Å². The van der Waals surface area contributed by atoms with Crippen molar-refractivity contribution in [2.24, 2.45) is 0 Å². The van der Waals surface area contributed by atoms with Crippen molar-refractivity contribution in [3.8, 4) is 74.0 Å². The van der Waals surface area contributed by atoms with Crippen LogP contribution in [-0.4, -0.2) is 61.4 Å². The first-order valence-corrected chi connectivity index (χ1v) is 32.1. The molecule has 9 rings (SSSR count). The maximum Gasteiger partial charge on any atom is 0.298 e. The Bertz CT molecular complexity index is 4970. The number of rotatable bonds is 19. The molecule has 9 aromatic rings. The number of hydrogen-bond acceptors (Lipinski definition) is 17. The summed E-state index contributed by atoms with van der Waals surface area (Å²) in [4.78, 5) is -5.02. The zero-order valence-electron chi connectivity index (χ0n) is 46.9. The molecule has 0 saturated heterocycles. The van der Waals surface area contributed by atoms with Crippen molar-refractivity contribution >= 4 is 52.0 Å². The van der Waals surface area contributed by atoms with Crippen LogP contribution in [0.2, 0.25) is 0 Å². The fraction of sp³-hybridized carbons (Fsp3) is 0.0526. The van der Waals surface area contributed by atoms with Crippen LogP contribution in [0.25, 0.3) is 22.3 Å². The van der Waals surface area contributed by atoms with Crippen molar-refractivity contribution in [3.05, 3.63) is 208 Å². The third-order valence-electron chi connectivity index (χ3n) is 12.7. The van der Waals surface area contributed by atoms with Gasteiger partial charge < -0.3 is 23.7 Å². The smallest absolute Gasteiger partial charge is 0.298 e. The van der Waals surface area contributed by atoms with Crippen LogP contribution in [0.15, 0.2) is 139 Å². The second-order valence-electron chi connectivity index (χ2n) is 18.8. The summed E-state index contributed by atoms with van der Waals surface area (Å²) in [5.74, 6) is -49.8. The summed E-state index contributed by atoms with van der Waals surface area (Å²) in [6, 6.07) is 14.5. The van der Waals surface area contributed by atoms with E-state index in [1.165, 1.54) is 31.4 Å². The van der Waals surface area contributed by atoms with Crippen molar-refractivity contribution in [2.45, 2.75) is 36.3 Å².